The predicted molar refractivity (Wildman–Crippen MR) is 87.5 cm³/mol. The van der Waals surface area contributed by atoms with Crippen LogP contribution in [0.1, 0.15) is 15.2 Å². The number of benzene rings is 1. The molecule has 2 N–H and O–H groups in total. The standard InChI is InChI=1S/C14H12ClNO3S2/c15-12-5-4-11(21-12)7-20-8-13(17)16-10-3-1-2-9(6-10)14(18)19/h1-6H,7-8H2,(H,16,17)(H,18,19). The van der Waals surface area contributed by atoms with Crippen molar-refractivity contribution < 1.29 is 14.7 Å². The fraction of sp³-hybridized carbons (Fsp3) is 0.143. The highest BCUT2D eigenvalue weighted by molar-refractivity contribution is 7.99. The van der Waals surface area contributed by atoms with E-state index in [9.17, 15) is 9.59 Å². The highest BCUT2D eigenvalue weighted by Gasteiger charge is 2.07. The molecule has 0 aliphatic heterocycles. The molecule has 4 nitrogen and oxygen atoms in total. The molecule has 0 unspecified atom stereocenters. The molecule has 1 aromatic carbocycles. The molecule has 0 bridgehead atoms. The molecule has 0 saturated heterocycles. The summed E-state index contributed by atoms with van der Waals surface area (Å²) in [6, 6.07) is 9.94. The van der Waals surface area contributed by atoms with E-state index in [1.54, 1.807) is 12.1 Å². The Morgan fingerprint density at radius 2 is 2.10 bits per heavy atom. The number of halogens is 1. The van der Waals surface area contributed by atoms with Gasteiger partial charge in [0.2, 0.25) is 5.91 Å². The number of anilines is 1. The first kappa shape index (κ1) is 15.9. The van der Waals surface area contributed by atoms with Crippen LogP contribution < -0.4 is 5.32 Å². The largest absolute Gasteiger partial charge is 0.478 e. The lowest BCUT2D eigenvalue weighted by Crippen LogP contribution is -2.14. The molecule has 0 saturated carbocycles. The van der Waals surface area contributed by atoms with Crippen LogP contribution in [-0.2, 0) is 10.5 Å². The molecule has 7 heteroatoms. The van der Waals surface area contributed by atoms with Crippen molar-refractivity contribution in [3.05, 3.63) is 51.2 Å². The van der Waals surface area contributed by atoms with E-state index >= 15 is 0 Å². The molecule has 0 aliphatic rings. The van der Waals surface area contributed by atoms with Crippen molar-refractivity contribution in [2.45, 2.75) is 5.75 Å². The number of carbonyl (C=O) groups excluding carboxylic acids is 1. The first-order valence-electron chi connectivity index (χ1n) is 6.00. The van der Waals surface area contributed by atoms with Gasteiger partial charge in [0.15, 0.2) is 0 Å². The van der Waals surface area contributed by atoms with Crippen molar-refractivity contribution >= 4 is 52.3 Å². The van der Waals surface area contributed by atoms with Crippen molar-refractivity contribution in [1.29, 1.82) is 0 Å². The van der Waals surface area contributed by atoms with Gasteiger partial charge in [-0.1, -0.05) is 17.7 Å². The van der Waals surface area contributed by atoms with Crippen LogP contribution in [-0.4, -0.2) is 22.7 Å². The lowest BCUT2D eigenvalue weighted by atomic mass is 10.2. The number of aromatic carboxylic acids is 1. The number of hydrogen-bond donors (Lipinski definition) is 2. The minimum Gasteiger partial charge on any atom is -0.478 e. The summed E-state index contributed by atoms with van der Waals surface area (Å²) in [7, 11) is 0. The minimum absolute atomic E-state index is 0.147. The fourth-order valence-corrected chi connectivity index (χ4v) is 3.63. The van der Waals surface area contributed by atoms with Crippen molar-refractivity contribution in [1.82, 2.24) is 0 Å². The highest BCUT2D eigenvalue weighted by atomic mass is 35.5. The lowest BCUT2D eigenvalue weighted by molar-refractivity contribution is -0.113. The van der Waals surface area contributed by atoms with E-state index in [2.05, 4.69) is 5.32 Å². The normalized spacial score (nSPS) is 10.3. The van der Waals surface area contributed by atoms with Gasteiger partial charge in [-0.15, -0.1) is 23.1 Å². The van der Waals surface area contributed by atoms with Crippen LogP contribution in [0.25, 0.3) is 0 Å². The third-order valence-corrected chi connectivity index (χ3v) is 4.89. The lowest BCUT2D eigenvalue weighted by Gasteiger charge is -2.05. The summed E-state index contributed by atoms with van der Waals surface area (Å²) in [5.74, 6) is -0.160. The number of rotatable bonds is 6. The summed E-state index contributed by atoms with van der Waals surface area (Å²) >= 11 is 8.81. The summed E-state index contributed by atoms with van der Waals surface area (Å²) < 4.78 is 0.737. The second-order valence-electron chi connectivity index (χ2n) is 4.13. The van der Waals surface area contributed by atoms with Gasteiger partial charge in [0.05, 0.1) is 15.7 Å². The van der Waals surface area contributed by atoms with Crippen molar-refractivity contribution in [3.8, 4) is 0 Å². The second kappa shape index (κ2) is 7.49. The predicted octanol–water partition coefficient (Wildman–Crippen LogP) is 3.97. The molecule has 21 heavy (non-hydrogen) atoms. The van der Waals surface area contributed by atoms with Crippen LogP contribution in [0.2, 0.25) is 4.34 Å². The quantitative estimate of drug-likeness (QED) is 0.834. The number of thiophene rings is 1. The first-order chi connectivity index (χ1) is 10.0. The van der Waals surface area contributed by atoms with E-state index < -0.39 is 5.97 Å². The molecule has 0 fully saturated rings. The van der Waals surface area contributed by atoms with Crippen LogP contribution in [0, 0.1) is 0 Å². The molecule has 0 atom stereocenters. The second-order valence-corrected chi connectivity index (χ2v) is 6.92. The maximum absolute atomic E-state index is 11.8. The topological polar surface area (TPSA) is 66.4 Å². The zero-order chi connectivity index (χ0) is 15.2. The number of carboxylic acid groups (broad SMARTS) is 1. The molecule has 2 rings (SSSR count). The molecule has 2 aromatic rings. The highest BCUT2D eigenvalue weighted by Crippen LogP contribution is 2.25. The summed E-state index contributed by atoms with van der Waals surface area (Å²) in [5.41, 5.74) is 0.633. The van der Waals surface area contributed by atoms with Crippen LogP contribution in [0.4, 0.5) is 5.69 Å². The van der Waals surface area contributed by atoms with Crippen molar-refractivity contribution in [2.24, 2.45) is 0 Å². The Kier molecular flexibility index (Phi) is 5.67. The molecule has 1 amide bonds. The molecule has 110 valence electrons. The molecule has 1 heterocycles. The third-order valence-electron chi connectivity index (χ3n) is 2.50. The molecular weight excluding hydrogens is 330 g/mol. The number of nitrogens with one attached hydrogen (secondary N) is 1. The van der Waals surface area contributed by atoms with Gasteiger partial charge in [-0.25, -0.2) is 4.79 Å². The Hall–Kier alpha value is -1.50. The summed E-state index contributed by atoms with van der Waals surface area (Å²) in [4.78, 5) is 23.7. The molecule has 1 aromatic heterocycles. The number of hydrogen-bond acceptors (Lipinski definition) is 4. The van der Waals surface area contributed by atoms with Crippen molar-refractivity contribution in [3.63, 3.8) is 0 Å². The van der Waals surface area contributed by atoms with E-state index in [1.165, 1.54) is 35.2 Å². The summed E-state index contributed by atoms with van der Waals surface area (Å²) in [6.07, 6.45) is 0. The number of amides is 1. The maximum atomic E-state index is 11.8. The average molecular weight is 342 g/mol. The van der Waals surface area contributed by atoms with Gasteiger partial charge >= 0.3 is 5.97 Å². The molecule has 0 aliphatic carbocycles. The molecule has 0 spiro atoms. The minimum atomic E-state index is -1.02. The van der Waals surface area contributed by atoms with E-state index in [-0.39, 0.29) is 11.5 Å². The smallest absolute Gasteiger partial charge is 0.335 e. The Labute approximate surface area is 135 Å². The number of carboxylic acids is 1. The van der Waals surface area contributed by atoms with E-state index in [0.717, 1.165) is 15.0 Å². The van der Waals surface area contributed by atoms with E-state index in [1.807, 2.05) is 12.1 Å². The summed E-state index contributed by atoms with van der Waals surface area (Å²) in [6.45, 7) is 0. The Morgan fingerprint density at radius 3 is 2.76 bits per heavy atom. The average Bonchev–Trinajstić information content (AvgIpc) is 2.84. The zero-order valence-electron chi connectivity index (χ0n) is 10.8. The van der Waals surface area contributed by atoms with Gasteiger partial charge in [-0.3, -0.25) is 4.79 Å². The van der Waals surface area contributed by atoms with E-state index in [4.69, 9.17) is 16.7 Å². The van der Waals surface area contributed by atoms with Crippen LogP contribution >= 0.6 is 34.7 Å². The van der Waals surface area contributed by atoms with Crippen LogP contribution in [0.5, 0.6) is 0 Å². The molecular formula is C14H12ClNO3S2. The van der Waals surface area contributed by atoms with Gasteiger partial charge in [0.1, 0.15) is 0 Å². The van der Waals surface area contributed by atoms with Gasteiger partial charge in [-0.05, 0) is 30.3 Å². The van der Waals surface area contributed by atoms with Crippen LogP contribution in [0.15, 0.2) is 36.4 Å². The van der Waals surface area contributed by atoms with Gasteiger partial charge in [-0.2, -0.15) is 0 Å². The van der Waals surface area contributed by atoms with E-state index in [0.29, 0.717) is 11.4 Å². The Bertz CT molecular complexity index is 657. The summed E-state index contributed by atoms with van der Waals surface area (Å²) in [5, 5.41) is 11.6. The van der Waals surface area contributed by atoms with Crippen LogP contribution in [0.3, 0.4) is 0 Å². The molecule has 0 radical (unpaired) electrons. The Morgan fingerprint density at radius 1 is 1.29 bits per heavy atom. The van der Waals surface area contributed by atoms with Gasteiger partial charge in [0, 0.05) is 16.3 Å². The van der Waals surface area contributed by atoms with Gasteiger partial charge < -0.3 is 10.4 Å². The zero-order valence-corrected chi connectivity index (χ0v) is 13.2. The first-order valence-corrected chi connectivity index (χ1v) is 8.34. The third kappa shape index (κ3) is 5.08. The maximum Gasteiger partial charge on any atom is 0.335 e. The fourth-order valence-electron chi connectivity index (χ4n) is 1.60. The van der Waals surface area contributed by atoms with Gasteiger partial charge in [0.25, 0.3) is 0 Å². The number of thioether (sulfide) groups is 1. The monoisotopic (exact) mass is 341 g/mol. The number of carbonyl (C=O) groups is 2. The Balaban J connectivity index is 1.81. The van der Waals surface area contributed by atoms with Crippen molar-refractivity contribution in [2.75, 3.05) is 11.1 Å². The SMILES string of the molecule is O=C(CSCc1ccc(Cl)s1)Nc1cccc(C(=O)O)c1.